The van der Waals surface area contributed by atoms with Crippen molar-refractivity contribution in [2.24, 2.45) is 0 Å². The molecular formula is C19H22N2O3. The first-order valence-electron chi connectivity index (χ1n) is 7.79. The van der Waals surface area contributed by atoms with Crippen molar-refractivity contribution in [3.63, 3.8) is 0 Å². The van der Waals surface area contributed by atoms with E-state index in [1.165, 1.54) is 7.11 Å². The molecule has 1 amide bonds. The van der Waals surface area contributed by atoms with E-state index in [9.17, 15) is 9.59 Å². The molecule has 0 aliphatic rings. The van der Waals surface area contributed by atoms with E-state index in [-0.39, 0.29) is 5.91 Å². The molecule has 2 aromatic carbocycles. The molecule has 2 N–H and O–H groups in total. The van der Waals surface area contributed by atoms with Crippen LogP contribution < -0.4 is 10.6 Å². The van der Waals surface area contributed by atoms with Gasteiger partial charge >= 0.3 is 5.97 Å². The zero-order chi connectivity index (χ0) is 17.5. The average Bonchev–Trinajstić information content (AvgIpc) is 2.57. The molecule has 0 aromatic heterocycles. The molecule has 2 aromatic rings. The van der Waals surface area contributed by atoms with Crippen molar-refractivity contribution in [2.75, 3.05) is 24.3 Å². The molecular weight excluding hydrogens is 304 g/mol. The number of carbonyl (C=O) groups is 2. The minimum Gasteiger partial charge on any atom is -0.465 e. The Morgan fingerprint density at radius 2 is 1.71 bits per heavy atom. The van der Waals surface area contributed by atoms with Crippen LogP contribution in [0.3, 0.4) is 0 Å². The van der Waals surface area contributed by atoms with Crippen LogP contribution in [-0.2, 0) is 9.53 Å². The Morgan fingerprint density at radius 3 is 2.38 bits per heavy atom. The molecule has 0 fully saturated rings. The lowest BCUT2D eigenvalue weighted by atomic mass is 10.1. The summed E-state index contributed by atoms with van der Waals surface area (Å²) in [7, 11) is 1.33. The molecule has 5 heteroatoms. The summed E-state index contributed by atoms with van der Waals surface area (Å²) < 4.78 is 4.67. The summed E-state index contributed by atoms with van der Waals surface area (Å²) in [6, 6.07) is 12.8. The normalized spacial score (nSPS) is 10.1. The Morgan fingerprint density at radius 1 is 1.04 bits per heavy atom. The van der Waals surface area contributed by atoms with Gasteiger partial charge in [-0.3, -0.25) is 4.79 Å². The molecule has 0 atom stereocenters. The fourth-order valence-electron chi connectivity index (χ4n) is 2.46. The molecule has 0 aliphatic heterocycles. The van der Waals surface area contributed by atoms with Crippen LogP contribution in [0.5, 0.6) is 0 Å². The van der Waals surface area contributed by atoms with E-state index >= 15 is 0 Å². The van der Waals surface area contributed by atoms with Crippen LogP contribution in [0.2, 0.25) is 0 Å². The number of aryl methyl sites for hydroxylation is 2. The topological polar surface area (TPSA) is 67.4 Å². The molecule has 0 radical (unpaired) electrons. The van der Waals surface area contributed by atoms with Gasteiger partial charge in [0.15, 0.2) is 0 Å². The van der Waals surface area contributed by atoms with Crippen molar-refractivity contribution < 1.29 is 14.3 Å². The second-order valence-corrected chi connectivity index (χ2v) is 5.56. The Hall–Kier alpha value is -2.82. The monoisotopic (exact) mass is 326 g/mol. The molecule has 0 unspecified atom stereocenters. The predicted molar refractivity (Wildman–Crippen MR) is 95.4 cm³/mol. The number of hydrogen-bond donors (Lipinski definition) is 2. The van der Waals surface area contributed by atoms with Crippen molar-refractivity contribution in [3.05, 3.63) is 59.2 Å². The third-order valence-electron chi connectivity index (χ3n) is 3.70. The van der Waals surface area contributed by atoms with Crippen molar-refractivity contribution in [3.8, 4) is 0 Å². The van der Waals surface area contributed by atoms with Gasteiger partial charge in [-0.15, -0.1) is 0 Å². The van der Waals surface area contributed by atoms with Gasteiger partial charge in [0, 0.05) is 24.3 Å². The molecule has 0 saturated heterocycles. The number of methoxy groups -OCH3 is 1. The van der Waals surface area contributed by atoms with E-state index in [1.807, 2.05) is 32.0 Å². The highest BCUT2D eigenvalue weighted by Crippen LogP contribution is 2.19. The molecule has 5 nitrogen and oxygen atoms in total. The number of esters is 1. The van der Waals surface area contributed by atoms with Gasteiger partial charge in [-0.2, -0.15) is 0 Å². The molecule has 2 rings (SSSR count). The number of benzene rings is 2. The second kappa shape index (κ2) is 8.15. The average molecular weight is 326 g/mol. The van der Waals surface area contributed by atoms with Crippen molar-refractivity contribution >= 4 is 23.3 Å². The highest BCUT2D eigenvalue weighted by molar-refractivity contribution is 5.94. The number of para-hydroxylation sites is 1. The summed E-state index contributed by atoms with van der Waals surface area (Å²) in [5.41, 5.74) is 4.36. The third-order valence-corrected chi connectivity index (χ3v) is 3.70. The molecule has 24 heavy (non-hydrogen) atoms. The van der Waals surface area contributed by atoms with E-state index in [1.54, 1.807) is 24.3 Å². The maximum atomic E-state index is 12.1. The minimum atomic E-state index is -0.428. The van der Waals surface area contributed by atoms with Gasteiger partial charge in [-0.05, 0) is 43.2 Å². The molecule has 0 saturated carbocycles. The Kier molecular flexibility index (Phi) is 5.95. The van der Waals surface area contributed by atoms with Gasteiger partial charge < -0.3 is 15.4 Å². The zero-order valence-corrected chi connectivity index (χ0v) is 14.2. The molecule has 0 aliphatic carbocycles. The van der Waals surface area contributed by atoms with Gasteiger partial charge in [0.2, 0.25) is 5.91 Å². The highest BCUT2D eigenvalue weighted by Gasteiger charge is 2.08. The zero-order valence-electron chi connectivity index (χ0n) is 14.2. The summed E-state index contributed by atoms with van der Waals surface area (Å²) in [5.74, 6) is -0.543. The van der Waals surface area contributed by atoms with Gasteiger partial charge in [-0.25, -0.2) is 4.79 Å². The largest absolute Gasteiger partial charge is 0.465 e. The SMILES string of the molecule is COC(=O)c1cccc(NC(=O)CCNc2c(C)cccc2C)c1. The van der Waals surface area contributed by atoms with Crippen LogP contribution in [0.4, 0.5) is 11.4 Å². The summed E-state index contributed by atoms with van der Waals surface area (Å²) in [6.07, 6.45) is 0.330. The van der Waals surface area contributed by atoms with Crippen molar-refractivity contribution in [1.29, 1.82) is 0 Å². The highest BCUT2D eigenvalue weighted by atomic mass is 16.5. The van der Waals surface area contributed by atoms with Crippen molar-refractivity contribution in [1.82, 2.24) is 0 Å². The van der Waals surface area contributed by atoms with E-state index in [0.29, 0.717) is 24.2 Å². The van der Waals surface area contributed by atoms with Crippen LogP contribution in [0.25, 0.3) is 0 Å². The third kappa shape index (κ3) is 4.59. The lowest BCUT2D eigenvalue weighted by Crippen LogP contribution is -2.17. The predicted octanol–water partition coefficient (Wildman–Crippen LogP) is 3.53. The summed E-state index contributed by atoms with van der Waals surface area (Å²) >= 11 is 0. The maximum Gasteiger partial charge on any atom is 0.337 e. The summed E-state index contributed by atoms with van der Waals surface area (Å²) in [6.45, 7) is 4.61. The van der Waals surface area contributed by atoms with Gasteiger partial charge in [0.05, 0.1) is 12.7 Å². The Balaban J connectivity index is 1.89. The lowest BCUT2D eigenvalue weighted by molar-refractivity contribution is -0.115. The molecule has 126 valence electrons. The number of anilines is 2. The van der Waals surface area contributed by atoms with E-state index < -0.39 is 5.97 Å². The number of ether oxygens (including phenoxy) is 1. The second-order valence-electron chi connectivity index (χ2n) is 5.56. The number of hydrogen-bond acceptors (Lipinski definition) is 4. The molecule has 0 heterocycles. The molecule has 0 bridgehead atoms. The molecule has 0 spiro atoms. The Labute approximate surface area is 142 Å². The smallest absolute Gasteiger partial charge is 0.337 e. The van der Waals surface area contributed by atoms with E-state index in [4.69, 9.17) is 0 Å². The van der Waals surface area contributed by atoms with Crippen LogP contribution in [0, 0.1) is 13.8 Å². The lowest BCUT2D eigenvalue weighted by Gasteiger charge is -2.12. The first-order valence-corrected chi connectivity index (χ1v) is 7.79. The van der Waals surface area contributed by atoms with E-state index in [2.05, 4.69) is 15.4 Å². The minimum absolute atomic E-state index is 0.115. The first kappa shape index (κ1) is 17.5. The van der Waals surface area contributed by atoms with Gasteiger partial charge in [0.1, 0.15) is 0 Å². The fourth-order valence-corrected chi connectivity index (χ4v) is 2.46. The van der Waals surface area contributed by atoms with Crippen LogP contribution >= 0.6 is 0 Å². The standard InChI is InChI=1S/C19H22N2O3/c1-13-6-4-7-14(2)18(13)20-11-10-17(22)21-16-9-5-8-15(12-16)19(23)24-3/h4-9,12,20H,10-11H2,1-3H3,(H,21,22). The van der Waals surface area contributed by atoms with Crippen LogP contribution in [-0.4, -0.2) is 25.5 Å². The number of amides is 1. The summed E-state index contributed by atoms with van der Waals surface area (Å²) in [4.78, 5) is 23.6. The maximum absolute atomic E-state index is 12.1. The fraction of sp³-hybridized carbons (Fsp3) is 0.263. The van der Waals surface area contributed by atoms with E-state index in [0.717, 1.165) is 16.8 Å². The van der Waals surface area contributed by atoms with Crippen LogP contribution in [0.15, 0.2) is 42.5 Å². The van der Waals surface area contributed by atoms with Crippen LogP contribution in [0.1, 0.15) is 27.9 Å². The van der Waals surface area contributed by atoms with Crippen molar-refractivity contribution in [2.45, 2.75) is 20.3 Å². The first-order chi connectivity index (χ1) is 11.5. The van der Waals surface area contributed by atoms with Gasteiger partial charge in [-0.1, -0.05) is 24.3 Å². The van der Waals surface area contributed by atoms with Gasteiger partial charge in [0.25, 0.3) is 0 Å². The summed E-state index contributed by atoms with van der Waals surface area (Å²) in [5, 5.41) is 6.09. The number of carbonyl (C=O) groups excluding carboxylic acids is 2. The number of nitrogens with one attached hydrogen (secondary N) is 2. The quantitative estimate of drug-likeness (QED) is 0.797. The Bertz CT molecular complexity index is 721. The number of rotatable bonds is 6.